The van der Waals surface area contributed by atoms with Crippen LogP contribution < -0.4 is 20.1 Å². The van der Waals surface area contributed by atoms with Crippen molar-refractivity contribution in [3.05, 3.63) is 99.8 Å². The summed E-state index contributed by atoms with van der Waals surface area (Å²) in [6.45, 7) is 0.0338. The monoisotopic (exact) mass is 512 g/mol. The Labute approximate surface area is 212 Å². The molecule has 0 unspecified atom stereocenters. The Morgan fingerprint density at radius 2 is 1.80 bits per heavy atom. The lowest BCUT2D eigenvalue weighted by atomic mass is 9.92. The van der Waals surface area contributed by atoms with E-state index in [4.69, 9.17) is 38.0 Å². The number of thiocarbonyl (C=S) groups is 1. The molecule has 0 radical (unpaired) electrons. The number of ether oxygens (including phenoxy) is 3. The molecule has 0 spiro atoms. The lowest BCUT2D eigenvalue weighted by molar-refractivity contribution is -0.136. The SMILES string of the molecule is COC(=O)C1=C(c2ccc(Cl)cc2)NC(=S)N[C@H]1c1ccc(OCc2ccccc2F)c(OC)c1. The van der Waals surface area contributed by atoms with E-state index in [0.717, 1.165) is 5.56 Å². The number of hydrogen-bond donors (Lipinski definition) is 2. The largest absolute Gasteiger partial charge is 0.493 e. The molecule has 0 fully saturated rings. The summed E-state index contributed by atoms with van der Waals surface area (Å²) in [6.07, 6.45) is 0. The Morgan fingerprint density at radius 1 is 1.06 bits per heavy atom. The third kappa shape index (κ3) is 5.39. The van der Waals surface area contributed by atoms with Crippen LogP contribution >= 0.6 is 23.8 Å². The van der Waals surface area contributed by atoms with Gasteiger partial charge in [-0.05, 0) is 53.7 Å². The predicted octanol–water partition coefficient (Wildman–Crippen LogP) is 5.17. The summed E-state index contributed by atoms with van der Waals surface area (Å²) in [4.78, 5) is 12.9. The highest BCUT2D eigenvalue weighted by molar-refractivity contribution is 7.80. The lowest BCUT2D eigenvalue weighted by Crippen LogP contribution is -2.45. The summed E-state index contributed by atoms with van der Waals surface area (Å²) in [7, 11) is 2.82. The fraction of sp³-hybridized carbons (Fsp3) is 0.154. The van der Waals surface area contributed by atoms with E-state index in [1.807, 2.05) is 0 Å². The van der Waals surface area contributed by atoms with Crippen molar-refractivity contribution in [1.29, 1.82) is 0 Å². The Morgan fingerprint density at radius 3 is 2.49 bits per heavy atom. The topological polar surface area (TPSA) is 68.8 Å². The number of esters is 1. The Balaban J connectivity index is 1.71. The first-order chi connectivity index (χ1) is 16.9. The fourth-order valence-electron chi connectivity index (χ4n) is 3.74. The predicted molar refractivity (Wildman–Crippen MR) is 136 cm³/mol. The van der Waals surface area contributed by atoms with Crippen LogP contribution in [0.2, 0.25) is 5.02 Å². The molecule has 1 aliphatic heterocycles. The fourth-order valence-corrected chi connectivity index (χ4v) is 4.09. The zero-order valence-electron chi connectivity index (χ0n) is 18.9. The van der Waals surface area contributed by atoms with E-state index in [-0.39, 0.29) is 12.4 Å². The van der Waals surface area contributed by atoms with E-state index >= 15 is 0 Å². The van der Waals surface area contributed by atoms with Gasteiger partial charge in [-0.25, -0.2) is 9.18 Å². The molecule has 0 bridgehead atoms. The van der Waals surface area contributed by atoms with Gasteiger partial charge >= 0.3 is 5.97 Å². The second kappa shape index (κ2) is 10.8. The van der Waals surface area contributed by atoms with Gasteiger partial charge in [-0.1, -0.05) is 48.0 Å². The standard InChI is InChI=1S/C26H22ClFN2O4S/c1-32-21-13-16(9-12-20(21)34-14-17-5-3-4-6-19(17)28)24-22(25(31)33-2)23(29-26(35)30-24)15-7-10-18(27)11-8-15/h3-13,24H,14H2,1-2H3,(H2,29,30,35)/t24-/m0/s1. The second-order valence-corrected chi connectivity index (χ2v) is 8.45. The molecule has 6 nitrogen and oxygen atoms in total. The molecule has 2 N–H and O–H groups in total. The maximum Gasteiger partial charge on any atom is 0.338 e. The smallest absolute Gasteiger partial charge is 0.338 e. The first-order valence-electron chi connectivity index (χ1n) is 10.6. The highest BCUT2D eigenvalue weighted by Crippen LogP contribution is 2.37. The number of rotatable bonds is 7. The molecule has 0 saturated heterocycles. The number of methoxy groups -OCH3 is 2. The molecule has 1 atom stereocenters. The van der Waals surface area contributed by atoms with Crippen LogP contribution in [-0.2, 0) is 16.1 Å². The van der Waals surface area contributed by atoms with E-state index in [1.54, 1.807) is 60.7 Å². The quantitative estimate of drug-likeness (QED) is 0.334. The molecular formula is C26H22ClFN2O4S. The second-order valence-electron chi connectivity index (χ2n) is 7.61. The molecule has 1 heterocycles. The number of carbonyl (C=O) groups is 1. The van der Waals surface area contributed by atoms with Gasteiger partial charge in [0.2, 0.25) is 0 Å². The average Bonchev–Trinajstić information content (AvgIpc) is 2.87. The van der Waals surface area contributed by atoms with Crippen molar-refractivity contribution < 1.29 is 23.4 Å². The van der Waals surface area contributed by atoms with Crippen LogP contribution in [0, 0.1) is 5.82 Å². The van der Waals surface area contributed by atoms with Crippen LogP contribution in [0.4, 0.5) is 4.39 Å². The van der Waals surface area contributed by atoms with Gasteiger partial charge in [0.25, 0.3) is 0 Å². The van der Waals surface area contributed by atoms with E-state index in [2.05, 4.69) is 10.6 Å². The Hall–Kier alpha value is -3.62. The molecular weight excluding hydrogens is 491 g/mol. The number of benzene rings is 3. The maximum atomic E-state index is 14.0. The molecule has 0 aromatic heterocycles. The molecule has 35 heavy (non-hydrogen) atoms. The summed E-state index contributed by atoms with van der Waals surface area (Å²) >= 11 is 11.5. The van der Waals surface area contributed by atoms with Gasteiger partial charge in [0.05, 0.1) is 31.5 Å². The van der Waals surface area contributed by atoms with E-state index in [1.165, 1.54) is 20.3 Å². The minimum absolute atomic E-state index is 0.0338. The highest BCUT2D eigenvalue weighted by Gasteiger charge is 2.33. The van der Waals surface area contributed by atoms with Crippen molar-refractivity contribution in [2.75, 3.05) is 14.2 Å². The first-order valence-corrected chi connectivity index (χ1v) is 11.4. The van der Waals surface area contributed by atoms with Crippen molar-refractivity contribution in [1.82, 2.24) is 10.6 Å². The van der Waals surface area contributed by atoms with Gasteiger partial charge < -0.3 is 24.8 Å². The van der Waals surface area contributed by atoms with Crippen LogP contribution in [-0.4, -0.2) is 25.3 Å². The van der Waals surface area contributed by atoms with Crippen molar-refractivity contribution in [3.63, 3.8) is 0 Å². The molecule has 1 aliphatic rings. The number of halogens is 2. The Kier molecular flexibility index (Phi) is 7.53. The number of hydrogen-bond acceptors (Lipinski definition) is 5. The number of nitrogens with one attached hydrogen (secondary N) is 2. The minimum Gasteiger partial charge on any atom is -0.493 e. The molecule has 3 aromatic rings. The highest BCUT2D eigenvalue weighted by atomic mass is 35.5. The molecule has 9 heteroatoms. The van der Waals surface area contributed by atoms with Gasteiger partial charge in [0.15, 0.2) is 16.6 Å². The Bertz CT molecular complexity index is 1300. The third-order valence-electron chi connectivity index (χ3n) is 5.47. The summed E-state index contributed by atoms with van der Waals surface area (Å²) in [5.41, 5.74) is 2.69. The van der Waals surface area contributed by atoms with Crippen LogP contribution in [0.15, 0.2) is 72.3 Å². The molecule has 4 rings (SSSR count). The van der Waals surface area contributed by atoms with Crippen molar-refractivity contribution in [2.24, 2.45) is 0 Å². The summed E-state index contributed by atoms with van der Waals surface area (Å²) in [5.74, 6) is -0.0285. The average molecular weight is 513 g/mol. The summed E-state index contributed by atoms with van der Waals surface area (Å²) in [6, 6.07) is 18.0. The van der Waals surface area contributed by atoms with Gasteiger partial charge in [0.1, 0.15) is 12.4 Å². The zero-order chi connectivity index (χ0) is 24.9. The number of carbonyl (C=O) groups excluding carboxylic acids is 1. The van der Waals surface area contributed by atoms with Crippen molar-refractivity contribution >= 4 is 40.6 Å². The van der Waals surface area contributed by atoms with E-state index in [0.29, 0.717) is 44.0 Å². The van der Waals surface area contributed by atoms with Crippen LogP contribution in [0.1, 0.15) is 22.7 Å². The van der Waals surface area contributed by atoms with Crippen molar-refractivity contribution in [2.45, 2.75) is 12.6 Å². The first kappa shape index (κ1) is 24.5. The van der Waals surface area contributed by atoms with Crippen LogP contribution in [0.5, 0.6) is 11.5 Å². The molecule has 180 valence electrons. The molecule has 0 amide bonds. The zero-order valence-corrected chi connectivity index (χ0v) is 20.5. The summed E-state index contributed by atoms with van der Waals surface area (Å²) in [5, 5.41) is 7.11. The van der Waals surface area contributed by atoms with Gasteiger partial charge in [-0.15, -0.1) is 0 Å². The van der Waals surface area contributed by atoms with Crippen molar-refractivity contribution in [3.8, 4) is 11.5 Å². The lowest BCUT2D eigenvalue weighted by Gasteiger charge is -2.31. The van der Waals surface area contributed by atoms with E-state index < -0.39 is 12.0 Å². The van der Waals surface area contributed by atoms with Crippen LogP contribution in [0.25, 0.3) is 5.70 Å². The summed E-state index contributed by atoms with van der Waals surface area (Å²) < 4.78 is 30.4. The molecule has 0 saturated carbocycles. The van der Waals surface area contributed by atoms with Crippen LogP contribution in [0.3, 0.4) is 0 Å². The maximum absolute atomic E-state index is 14.0. The van der Waals surface area contributed by atoms with Gasteiger partial charge in [0, 0.05) is 10.6 Å². The normalized spacial score (nSPS) is 15.2. The molecule has 3 aromatic carbocycles. The van der Waals surface area contributed by atoms with Gasteiger partial charge in [-0.3, -0.25) is 0 Å². The van der Waals surface area contributed by atoms with Gasteiger partial charge in [-0.2, -0.15) is 0 Å². The minimum atomic E-state index is -0.628. The molecule has 0 aliphatic carbocycles. The van der Waals surface area contributed by atoms with E-state index in [9.17, 15) is 9.18 Å². The third-order valence-corrected chi connectivity index (χ3v) is 5.94.